The average molecular weight is 492 g/mol. The molecule has 1 N–H and O–H groups in total. The first-order valence-corrected chi connectivity index (χ1v) is 7.03. The Morgan fingerprint density at radius 1 is 0.500 bits per heavy atom. The van der Waals surface area contributed by atoms with Gasteiger partial charge >= 0.3 is 47.6 Å². The third-order valence-corrected chi connectivity index (χ3v) is 3.70. The van der Waals surface area contributed by atoms with Gasteiger partial charge in [0.15, 0.2) is 0 Å². The van der Waals surface area contributed by atoms with E-state index in [1.165, 1.54) is 0 Å². The molecule has 0 saturated heterocycles. The zero-order chi connectivity index (χ0) is 25.0. The number of alkyl halides is 17. The smallest absolute Gasteiger partial charge is 0.396 e. The third kappa shape index (κ3) is 3.76. The number of aliphatic hydroxyl groups is 1. The van der Waals surface area contributed by atoms with Crippen LogP contribution in [0.2, 0.25) is 0 Å². The highest BCUT2D eigenvalue weighted by Crippen LogP contribution is 2.64. The fourth-order valence-electron chi connectivity index (χ4n) is 1.83. The van der Waals surface area contributed by atoms with Crippen LogP contribution in [-0.4, -0.2) is 59.3 Å². The molecule has 0 heterocycles. The van der Waals surface area contributed by atoms with Crippen molar-refractivity contribution in [2.45, 2.75) is 61.0 Å². The van der Waals surface area contributed by atoms with Crippen LogP contribution in [-0.2, 0) is 0 Å². The van der Waals surface area contributed by atoms with Crippen molar-refractivity contribution in [1.29, 1.82) is 0 Å². The first-order chi connectivity index (χ1) is 12.7. The molecule has 1 atom stereocenters. The number of aliphatic hydroxyl groups excluding tert-OH is 1. The van der Waals surface area contributed by atoms with Crippen LogP contribution < -0.4 is 0 Å². The summed E-state index contributed by atoms with van der Waals surface area (Å²) < 4.78 is 220. The molecule has 0 radical (unpaired) electrons. The van der Waals surface area contributed by atoms with E-state index in [1.54, 1.807) is 0 Å². The van der Waals surface area contributed by atoms with Gasteiger partial charge in [-0.2, -0.15) is 74.6 Å². The van der Waals surface area contributed by atoms with Gasteiger partial charge in [0.2, 0.25) is 0 Å². The van der Waals surface area contributed by atoms with Crippen LogP contribution in [0.4, 0.5) is 74.6 Å². The molecule has 0 rings (SSSR count). The van der Waals surface area contributed by atoms with Crippen LogP contribution in [0.25, 0.3) is 0 Å². The standard InChI is InChI=1S/C12H9F17O/c1-4(3-30)2-5(13,14)6(15,16)7(17,18)8(19,20)9(21,22)10(23,24)11(25,26)12(27,28)29/h4,30H,2-3H2,1H3/t4-/m1/s1. The van der Waals surface area contributed by atoms with E-state index in [1.807, 2.05) is 0 Å². The quantitative estimate of drug-likeness (QED) is 0.391. The second-order valence-electron chi connectivity index (χ2n) is 6.14. The summed E-state index contributed by atoms with van der Waals surface area (Å²) >= 11 is 0. The van der Waals surface area contributed by atoms with Gasteiger partial charge in [-0.3, -0.25) is 0 Å². The highest BCUT2D eigenvalue weighted by Gasteiger charge is 2.95. The molecule has 0 unspecified atom stereocenters. The highest BCUT2D eigenvalue weighted by atomic mass is 19.4. The van der Waals surface area contributed by atoms with Gasteiger partial charge < -0.3 is 5.11 Å². The number of halogens is 17. The topological polar surface area (TPSA) is 20.2 Å². The second-order valence-corrected chi connectivity index (χ2v) is 6.14. The van der Waals surface area contributed by atoms with E-state index in [4.69, 9.17) is 5.11 Å². The lowest BCUT2D eigenvalue weighted by atomic mass is 9.87. The minimum atomic E-state index is -8.62. The van der Waals surface area contributed by atoms with Gasteiger partial charge in [-0.1, -0.05) is 6.92 Å². The molecule has 0 saturated carbocycles. The third-order valence-electron chi connectivity index (χ3n) is 3.70. The van der Waals surface area contributed by atoms with Crippen molar-refractivity contribution in [2.24, 2.45) is 5.92 Å². The molecule has 0 spiro atoms. The van der Waals surface area contributed by atoms with E-state index in [0.717, 1.165) is 0 Å². The molecule has 0 aliphatic rings. The van der Waals surface area contributed by atoms with Gasteiger partial charge in [-0.05, 0) is 5.92 Å². The van der Waals surface area contributed by atoms with Crippen molar-refractivity contribution in [3.63, 3.8) is 0 Å². The summed E-state index contributed by atoms with van der Waals surface area (Å²) in [5.74, 6) is -58.3. The molecule has 0 aliphatic carbocycles. The Labute approximate surface area is 154 Å². The van der Waals surface area contributed by atoms with Gasteiger partial charge in [0.25, 0.3) is 0 Å². The zero-order valence-corrected chi connectivity index (χ0v) is 13.9. The van der Waals surface area contributed by atoms with Crippen molar-refractivity contribution >= 4 is 0 Å². The van der Waals surface area contributed by atoms with Crippen LogP contribution in [0.15, 0.2) is 0 Å². The molecule has 0 aliphatic heterocycles. The van der Waals surface area contributed by atoms with Crippen molar-refractivity contribution in [3.8, 4) is 0 Å². The number of hydrogen-bond acceptors (Lipinski definition) is 1. The Morgan fingerprint density at radius 3 is 1.03 bits per heavy atom. The molecule has 1 nitrogen and oxygen atoms in total. The summed E-state index contributed by atoms with van der Waals surface area (Å²) in [6.07, 6.45) is -10.4. The van der Waals surface area contributed by atoms with Gasteiger partial charge in [-0.25, -0.2) is 0 Å². The van der Waals surface area contributed by atoms with E-state index in [-0.39, 0.29) is 0 Å². The molecule has 0 aromatic heterocycles. The molecular weight excluding hydrogens is 483 g/mol. The SMILES string of the molecule is C[C@@H](CO)CC(F)(F)C(F)(F)C(F)(F)C(F)(F)C(F)(F)C(F)(F)C(F)(F)C(F)(F)F. The second kappa shape index (κ2) is 7.43. The van der Waals surface area contributed by atoms with Gasteiger partial charge in [0, 0.05) is 13.0 Å². The average Bonchev–Trinajstić information content (AvgIpc) is 2.51. The lowest BCUT2D eigenvalue weighted by molar-refractivity contribution is -0.462. The zero-order valence-electron chi connectivity index (χ0n) is 13.9. The summed E-state index contributed by atoms with van der Waals surface area (Å²) in [5, 5.41) is 8.41. The lowest BCUT2D eigenvalue weighted by Gasteiger charge is -2.43. The molecule has 0 bridgehead atoms. The normalized spacial score (nSPS) is 17.3. The molecule has 0 amide bonds. The molecule has 0 fully saturated rings. The molecule has 18 heteroatoms. The molecular formula is C12H9F17O. The van der Waals surface area contributed by atoms with E-state index < -0.39 is 66.6 Å². The van der Waals surface area contributed by atoms with Crippen LogP contribution >= 0.6 is 0 Å². The summed E-state index contributed by atoms with van der Waals surface area (Å²) in [6.45, 7) is -1.04. The van der Waals surface area contributed by atoms with E-state index in [2.05, 4.69) is 0 Å². The van der Waals surface area contributed by atoms with E-state index >= 15 is 0 Å². The van der Waals surface area contributed by atoms with Gasteiger partial charge in [0.1, 0.15) is 0 Å². The van der Waals surface area contributed by atoms with Gasteiger partial charge in [-0.15, -0.1) is 0 Å². The highest BCUT2D eigenvalue weighted by molar-refractivity contribution is 5.15. The van der Waals surface area contributed by atoms with Gasteiger partial charge in [0.05, 0.1) is 0 Å². The Bertz CT molecular complexity index is 604. The van der Waals surface area contributed by atoms with E-state index in [9.17, 15) is 74.6 Å². The molecule has 182 valence electrons. The minimum Gasteiger partial charge on any atom is -0.396 e. The first-order valence-electron chi connectivity index (χ1n) is 7.03. The largest absolute Gasteiger partial charge is 0.460 e. The summed E-state index contributed by atoms with van der Waals surface area (Å²) in [7, 11) is 0. The number of hydrogen-bond donors (Lipinski definition) is 1. The van der Waals surface area contributed by atoms with E-state index in [0.29, 0.717) is 6.92 Å². The van der Waals surface area contributed by atoms with Crippen LogP contribution in [0.5, 0.6) is 0 Å². The summed E-state index contributed by atoms with van der Waals surface area (Å²) in [5.41, 5.74) is 0. The summed E-state index contributed by atoms with van der Waals surface area (Å²) in [6, 6.07) is 0. The monoisotopic (exact) mass is 492 g/mol. The fraction of sp³-hybridized carbons (Fsp3) is 1.00. The maximum Gasteiger partial charge on any atom is 0.460 e. The van der Waals surface area contributed by atoms with Crippen LogP contribution in [0.1, 0.15) is 13.3 Å². The van der Waals surface area contributed by atoms with Crippen LogP contribution in [0, 0.1) is 5.92 Å². The maximum atomic E-state index is 13.4. The summed E-state index contributed by atoms with van der Waals surface area (Å²) in [4.78, 5) is 0. The van der Waals surface area contributed by atoms with Crippen LogP contribution in [0.3, 0.4) is 0 Å². The Kier molecular flexibility index (Phi) is 7.12. The van der Waals surface area contributed by atoms with Crippen molar-refractivity contribution in [2.75, 3.05) is 6.61 Å². The minimum absolute atomic E-state index is 0.437. The first kappa shape index (κ1) is 28.8. The predicted octanol–water partition coefficient (Wildman–Crippen LogP) is 6.01. The van der Waals surface area contributed by atoms with Crippen molar-refractivity contribution in [1.82, 2.24) is 0 Å². The molecule has 30 heavy (non-hydrogen) atoms. The number of rotatable bonds is 9. The maximum absolute atomic E-state index is 13.4. The lowest BCUT2D eigenvalue weighted by Crippen LogP contribution is -2.74. The Hall–Kier alpha value is -1.23. The molecule has 0 aromatic carbocycles. The van der Waals surface area contributed by atoms with Crippen molar-refractivity contribution < 1.29 is 79.7 Å². The fourth-order valence-corrected chi connectivity index (χ4v) is 1.83. The predicted molar refractivity (Wildman–Crippen MR) is 61.6 cm³/mol. The molecule has 0 aromatic rings. The Morgan fingerprint density at radius 2 is 0.767 bits per heavy atom. The Balaban J connectivity index is 6.62. The van der Waals surface area contributed by atoms with Crippen molar-refractivity contribution in [3.05, 3.63) is 0 Å².